The Kier molecular flexibility index (Phi) is 3.41. The van der Waals surface area contributed by atoms with Gasteiger partial charge in [-0.1, -0.05) is 13.0 Å². The molecule has 0 bridgehead atoms. The largest absolute Gasteiger partial charge is 0.326 e. The van der Waals surface area contributed by atoms with E-state index in [-0.39, 0.29) is 12.1 Å². The van der Waals surface area contributed by atoms with Crippen molar-refractivity contribution in [1.29, 1.82) is 0 Å². The highest BCUT2D eigenvalue weighted by Crippen LogP contribution is 2.26. The van der Waals surface area contributed by atoms with Crippen molar-refractivity contribution in [3.63, 3.8) is 0 Å². The van der Waals surface area contributed by atoms with E-state index in [1.165, 1.54) is 4.88 Å². The van der Waals surface area contributed by atoms with E-state index in [1.54, 1.807) is 11.3 Å². The summed E-state index contributed by atoms with van der Waals surface area (Å²) in [5.74, 6) is 1.09. The van der Waals surface area contributed by atoms with Crippen molar-refractivity contribution >= 4 is 11.3 Å². The molecule has 0 aromatic carbocycles. The first-order valence-electron chi connectivity index (χ1n) is 5.54. The Morgan fingerprint density at radius 1 is 1.56 bits per heavy atom. The molecule has 3 nitrogen and oxygen atoms in total. The first kappa shape index (κ1) is 11.4. The summed E-state index contributed by atoms with van der Waals surface area (Å²) < 4.78 is 2.19. The van der Waals surface area contributed by atoms with Gasteiger partial charge in [-0.25, -0.2) is 4.98 Å². The average molecular weight is 235 g/mol. The Hall–Kier alpha value is -1.13. The second-order valence-corrected chi connectivity index (χ2v) is 4.90. The zero-order chi connectivity index (χ0) is 11.5. The topological polar surface area (TPSA) is 43.8 Å². The van der Waals surface area contributed by atoms with Crippen LogP contribution in [-0.4, -0.2) is 15.6 Å². The van der Waals surface area contributed by atoms with Crippen molar-refractivity contribution in [2.75, 3.05) is 0 Å². The molecule has 2 atom stereocenters. The van der Waals surface area contributed by atoms with Gasteiger partial charge < -0.3 is 10.3 Å². The maximum atomic E-state index is 6.10. The third kappa shape index (κ3) is 2.03. The first-order chi connectivity index (χ1) is 7.74. The van der Waals surface area contributed by atoms with Crippen LogP contribution in [0.15, 0.2) is 29.9 Å². The van der Waals surface area contributed by atoms with Crippen molar-refractivity contribution in [1.82, 2.24) is 9.55 Å². The van der Waals surface area contributed by atoms with E-state index in [1.807, 2.05) is 19.3 Å². The number of hydrogen-bond acceptors (Lipinski definition) is 3. The minimum atomic E-state index is 0.0816. The number of aromatic nitrogens is 2. The van der Waals surface area contributed by atoms with Crippen LogP contribution in [0.4, 0.5) is 0 Å². The van der Waals surface area contributed by atoms with Gasteiger partial charge in [0.2, 0.25) is 0 Å². The summed E-state index contributed by atoms with van der Waals surface area (Å²) in [5.41, 5.74) is 6.10. The summed E-state index contributed by atoms with van der Waals surface area (Å²) in [6.45, 7) is 4.16. The number of thiophene rings is 1. The van der Waals surface area contributed by atoms with Crippen LogP contribution in [0.2, 0.25) is 0 Å². The maximum absolute atomic E-state index is 6.10. The molecule has 0 aliphatic carbocycles. The highest BCUT2D eigenvalue weighted by atomic mass is 32.1. The van der Waals surface area contributed by atoms with Crippen LogP contribution in [0.1, 0.15) is 30.6 Å². The van der Waals surface area contributed by atoms with Crippen LogP contribution < -0.4 is 5.73 Å². The van der Waals surface area contributed by atoms with Crippen LogP contribution in [0, 0.1) is 0 Å². The summed E-state index contributed by atoms with van der Waals surface area (Å²) in [6, 6.07) is 4.49. The molecule has 0 radical (unpaired) electrons. The van der Waals surface area contributed by atoms with Crippen molar-refractivity contribution in [2.24, 2.45) is 5.73 Å². The number of aryl methyl sites for hydroxylation is 1. The van der Waals surface area contributed by atoms with Gasteiger partial charge in [0.15, 0.2) is 0 Å². The fourth-order valence-corrected chi connectivity index (χ4v) is 2.92. The number of rotatable bonds is 4. The Labute approximate surface area is 99.9 Å². The van der Waals surface area contributed by atoms with Gasteiger partial charge in [0.1, 0.15) is 5.82 Å². The van der Waals surface area contributed by atoms with Crippen molar-refractivity contribution < 1.29 is 0 Å². The molecule has 0 saturated heterocycles. The zero-order valence-corrected chi connectivity index (χ0v) is 10.4. The molecule has 16 heavy (non-hydrogen) atoms. The van der Waals surface area contributed by atoms with Crippen LogP contribution in [0.25, 0.3) is 0 Å². The Balaban J connectivity index is 2.41. The molecule has 2 unspecified atom stereocenters. The summed E-state index contributed by atoms with van der Waals surface area (Å²) in [7, 11) is 0. The van der Waals surface area contributed by atoms with Gasteiger partial charge in [-0.2, -0.15) is 0 Å². The molecule has 2 aromatic rings. The lowest BCUT2D eigenvalue weighted by molar-refractivity contribution is 0.488. The van der Waals surface area contributed by atoms with Gasteiger partial charge in [0.25, 0.3) is 0 Å². The second-order valence-electron chi connectivity index (χ2n) is 3.92. The van der Waals surface area contributed by atoms with E-state index in [9.17, 15) is 0 Å². The average Bonchev–Trinajstić information content (AvgIpc) is 2.88. The highest BCUT2D eigenvalue weighted by molar-refractivity contribution is 7.10. The van der Waals surface area contributed by atoms with E-state index in [2.05, 4.69) is 34.0 Å². The summed E-state index contributed by atoms with van der Waals surface area (Å²) in [4.78, 5) is 5.65. The summed E-state index contributed by atoms with van der Waals surface area (Å²) >= 11 is 1.75. The van der Waals surface area contributed by atoms with Gasteiger partial charge in [0.05, 0.1) is 6.04 Å². The Bertz CT molecular complexity index is 431. The molecule has 2 rings (SSSR count). The molecule has 2 heterocycles. The van der Waals surface area contributed by atoms with E-state index >= 15 is 0 Å². The van der Waals surface area contributed by atoms with Crippen LogP contribution in [0.3, 0.4) is 0 Å². The summed E-state index contributed by atoms with van der Waals surface area (Å²) in [6.07, 6.45) is 4.80. The van der Waals surface area contributed by atoms with Gasteiger partial charge in [-0.05, 0) is 18.4 Å². The molecule has 0 aliphatic rings. The lowest BCUT2D eigenvalue weighted by Crippen LogP contribution is -2.30. The molecular weight excluding hydrogens is 218 g/mol. The van der Waals surface area contributed by atoms with Crippen molar-refractivity contribution in [3.05, 3.63) is 40.6 Å². The quantitative estimate of drug-likeness (QED) is 0.884. The predicted molar refractivity (Wildman–Crippen MR) is 67.7 cm³/mol. The SMILES string of the molecule is CCc1nccn1C(c1cccs1)C(C)N. The van der Waals surface area contributed by atoms with Crippen LogP contribution >= 0.6 is 11.3 Å². The molecule has 0 fully saturated rings. The third-order valence-electron chi connectivity index (χ3n) is 2.70. The molecule has 0 aliphatic heterocycles. The van der Waals surface area contributed by atoms with E-state index in [0.29, 0.717) is 0 Å². The fraction of sp³-hybridized carbons (Fsp3) is 0.417. The lowest BCUT2D eigenvalue weighted by atomic mass is 10.1. The molecule has 2 N–H and O–H groups in total. The minimum Gasteiger partial charge on any atom is -0.326 e. The Morgan fingerprint density at radius 3 is 2.94 bits per heavy atom. The normalized spacial score (nSPS) is 14.9. The van der Waals surface area contributed by atoms with E-state index in [4.69, 9.17) is 5.73 Å². The first-order valence-corrected chi connectivity index (χ1v) is 6.42. The minimum absolute atomic E-state index is 0.0816. The van der Waals surface area contributed by atoms with Gasteiger partial charge in [-0.3, -0.25) is 0 Å². The fourth-order valence-electron chi connectivity index (χ4n) is 1.98. The Morgan fingerprint density at radius 2 is 2.38 bits per heavy atom. The second kappa shape index (κ2) is 4.80. The highest BCUT2D eigenvalue weighted by Gasteiger charge is 2.20. The molecule has 2 aromatic heterocycles. The molecule has 86 valence electrons. The van der Waals surface area contributed by atoms with Gasteiger partial charge in [-0.15, -0.1) is 11.3 Å². The lowest BCUT2D eigenvalue weighted by Gasteiger charge is -2.23. The number of nitrogens with two attached hydrogens (primary N) is 1. The molecular formula is C12H17N3S. The van der Waals surface area contributed by atoms with Gasteiger partial charge in [0, 0.05) is 29.7 Å². The number of nitrogens with zero attached hydrogens (tertiary/aromatic N) is 2. The predicted octanol–water partition coefficient (Wildman–Crippen LogP) is 2.44. The van der Waals surface area contributed by atoms with Gasteiger partial charge >= 0.3 is 0 Å². The van der Waals surface area contributed by atoms with Crippen molar-refractivity contribution in [2.45, 2.75) is 32.4 Å². The van der Waals surface area contributed by atoms with Crippen LogP contribution in [0.5, 0.6) is 0 Å². The molecule has 4 heteroatoms. The standard InChI is InChI=1S/C12H17N3S/c1-3-11-14-6-7-15(11)12(9(2)13)10-5-4-8-16-10/h4-9,12H,3,13H2,1-2H3. The van der Waals surface area contributed by atoms with E-state index < -0.39 is 0 Å². The number of imidazole rings is 1. The maximum Gasteiger partial charge on any atom is 0.108 e. The zero-order valence-electron chi connectivity index (χ0n) is 9.63. The molecule has 0 saturated carbocycles. The van der Waals surface area contributed by atoms with E-state index in [0.717, 1.165) is 12.2 Å². The smallest absolute Gasteiger partial charge is 0.108 e. The van der Waals surface area contributed by atoms with Crippen molar-refractivity contribution in [3.8, 4) is 0 Å². The third-order valence-corrected chi connectivity index (χ3v) is 3.64. The monoisotopic (exact) mass is 235 g/mol. The van der Waals surface area contributed by atoms with Crippen LogP contribution in [-0.2, 0) is 6.42 Å². The number of hydrogen-bond donors (Lipinski definition) is 1. The molecule has 0 spiro atoms. The summed E-state index contributed by atoms with van der Waals surface area (Å²) in [5, 5.41) is 2.09. The molecule has 0 amide bonds.